The molecule has 0 spiro atoms. The van der Waals surface area contributed by atoms with E-state index in [9.17, 15) is 4.79 Å². The molecule has 0 aliphatic rings. The Labute approximate surface area is 148 Å². The molecule has 0 N–H and O–H groups in total. The average molecular weight is 389 g/mol. The molecule has 2 aromatic carbocycles. The summed E-state index contributed by atoms with van der Waals surface area (Å²) in [6, 6.07) is 15.5. The Bertz CT molecular complexity index is 811. The van der Waals surface area contributed by atoms with E-state index in [0.29, 0.717) is 18.0 Å². The van der Waals surface area contributed by atoms with E-state index in [1.165, 1.54) is 0 Å². The van der Waals surface area contributed by atoms with Crippen molar-refractivity contribution >= 4 is 48.5 Å². The summed E-state index contributed by atoms with van der Waals surface area (Å²) in [7, 11) is 0. The van der Waals surface area contributed by atoms with Gasteiger partial charge < -0.3 is 0 Å². The van der Waals surface area contributed by atoms with Crippen LogP contribution in [0.3, 0.4) is 0 Å². The molecule has 5 heteroatoms. The van der Waals surface area contributed by atoms with Crippen molar-refractivity contribution < 1.29 is 4.79 Å². The molecule has 0 saturated carbocycles. The molecule has 1 aromatic heterocycles. The van der Waals surface area contributed by atoms with Crippen LogP contribution in [0.15, 0.2) is 53.0 Å². The predicted octanol–water partition coefficient (Wildman–Crippen LogP) is 5.36. The number of para-hydroxylation sites is 1. The van der Waals surface area contributed by atoms with Gasteiger partial charge >= 0.3 is 0 Å². The van der Waals surface area contributed by atoms with Crippen LogP contribution in [0.1, 0.15) is 24.2 Å². The van der Waals surface area contributed by atoms with Crippen LogP contribution < -0.4 is 4.90 Å². The predicted molar refractivity (Wildman–Crippen MR) is 100 cm³/mol. The van der Waals surface area contributed by atoms with Crippen LogP contribution in [0.25, 0.3) is 10.2 Å². The van der Waals surface area contributed by atoms with E-state index in [4.69, 9.17) is 0 Å². The van der Waals surface area contributed by atoms with Crippen LogP contribution in [-0.2, 0) is 0 Å². The number of benzene rings is 2. The SMILES string of the molecule is CC(C)CN(C(=O)c1cccc(Br)c1)c1nc2ccccc2s1. The van der Waals surface area contributed by atoms with Gasteiger partial charge in [-0.25, -0.2) is 4.98 Å². The Morgan fingerprint density at radius 2 is 2.00 bits per heavy atom. The standard InChI is InChI=1S/C18H17BrN2OS/c1-12(2)11-21(17(22)13-6-5-7-14(19)10-13)18-20-15-8-3-4-9-16(15)23-18/h3-10,12H,11H2,1-2H3. The number of anilines is 1. The lowest BCUT2D eigenvalue weighted by Gasteiger charge is -2.22. The zero-order valence-electron chi connectivity index (χ0n) is 13.0. The third kappa shape index (κ3) is 3.62. The van der Waals surface area contributed by atoms with E-state index in [2.05, 4.69) is 34.8 Å². The monoisotopic (exact) mass is 388 g/mol. The van der Waals surface area contributed by atoms with Crippen LogP contribution in [0.5, 0.6) is 0 Å². The van der Waals surface area contributed by atoms with Gasteiger partial charge in [-0.2, -0.15) is 0 Å². The summed E-state index contributed by atoms with van der Waals surface area (Å²) in [6.45, 7) is 4.86. The minimum absolute atomic E-state index is 0.0148. The fraction of sp³-hybridized carbons (Fsp3) is 0.222. The smallest absolute Gasteiger partial charge is 0.260 e. The maximum atomic E-state index is 13.0. The van der Waals surface area contributed by atoms with Gasteiger partial charge in [0.1, 0.15) is 0 Å². The van der Waals surface area contributed by atoms with E-state index < -0.39 is 0 Å². The third-order valence-electron chi connectivity index (χ3n) is 3.38. The summed E-state index contributed by atoms with van der Waals surface area (Å²) in [4.78, 5) is 19.4. The van der Waals surface area contributed by atoms with Gasteiger partial charge in [0.15, 0.2) is 5.13 Å². The van der Waals surface area contributed by atoms with E-state index in [0.717, 1.165) is 19.8 Å². The Morgan fingerprint density at radius 1 is 1.22 bits per heavy atom. The largest absolute Gasteiger partial charge is 0.284 e. The number of amides is 1. The molecule has 0 atom stereocenters. The second kappa shape index (κ2) is 6.81. The number of thiazole rings is 1. The van der Waals surface area contributed by atoms with Crippen molar-refractivity contribution in [3.8, 4) is 0 Å². The summed E-state index contributed by atoms with van der Waals surface area (Å²) in [5.41, 5.74) is 1.60. The maximum absolute atomic E-state index is 13.0. The molecule has 1 heterocycles. The van der Waals surface area contributed by atoms with Gasteiger partial charge in [-0.3, -0.25) is 9.69 Å². The lowest BCUT2D eigenvalue weighted by Crippen LogP contribution is -2.34. The van der Waals surface area contributed by atoms with Gasteiger partial charge in [0, 0.05) is 16.6 Å². The van der Waals surface area contributed by atoms with Crippen molar-refractivity contribution in [1.82, 2.24) is 4.98 Å². The quantitative estimate of drug-likeness (QED) is 0.602. The first kappa shape index (κ1) is 16.1. The third-order valence-corrected chi connectivity index (χ3v) is 4.93. The molecular formula is C18H17BrN2OS. The van der Waals surface area contributed by atoms with Gasteiger partial charge in [-0.15, -0.1) is 0 Å². The molecule has 23 heavy (non-hydrogen) atoms. The molecule has 0 radical (unpaired) electrons. The van der Waals surface area contributed by atoms with Gasteiger partial charge in [0.2, 0.25) is 0 Å². The fourth-order valence-electron chi connectivity index (χ4n) is 2.37. The van der Waals surface area contributed by atoms with E-state index >= 15 is 0 Å². The first-order valence-electron chi connectivity index (χ1n) is 7.47. The van der Waals surface area contributed by atoms with Crippen molar-refractivity contribution in [1.29, 1.82) is 0 Å². The van der Waals surface area contributed by atoms with Gasteiger partial charge in [0.25, 0.3) is 5.91 Å². The topological polar surface area (TPSA) is 33.2 Å². The Balaban J connectivity index is 2.01. The summed E-state index contributed by atoms with van der Waals surface area (Å²) in [5, 5.41) is 0.755. The summed E-state index contributed by atoms with van der Waals surface area (Å²) < 4.78 is 2.00. The van der Waals surface area contributed by atoms with Crippen molar-refractivity contribution in [2.45, 2.75) is 13.8 Å². The summed E-state index contributed by atoms with van der Waals surface area (Å²) in [5.74, 6) is 0.345. The normalized spacial score (nSPS) is 11.1. The summed E-state index contributed by atoms with van der Waals surface area (Å²) >= 11 is 4.99. The molecule has 3 nitrogen and oxygen atoms in total. The summed E-state index contributed by atoms with van der Waals surface area (Å²) in [6.07, 6.45) is 0. The van der Waals surface area contributed by atoms with Gasteiger partial charge in [-0.05, 0) is 36.2 Å². The molecule has 0 aliphatic carbocycles. The van der Waals surface area contributed by atoms with Crippen LogP contribution in [0, 0.1) is 5.92 Å². The molecule has 0 fully saturated rings. The Hall–Kier alpha value is -1.72. The molecule has 1 amide bonds. The van der Waals surface area contributed by atoms with E-state index in [-0.39, 0.29) is 5.91 Å². The average Bonchev–Trinajstić information content (AvgIpc) is 2.95. The number of carbonyl (C=O) groups is 1. The lowest BCUT2D eigenvalue weighted by atomic mass is 10.1. The van der Waals surface area contributed by atoms with Gasteiger partial charge in [0.05, 0.1) is 10.2 Å². The van der Waals surface area contributed by atoms with Crippen LogP contribution in [0.4, 0.5) is 5.13 Å². The number of carbonyl (C=O) groups excluding carboxylic acids is 1. The second-order valence-corrected chi connectivity index (χ2v) is 7.71. The first-order valence-corrected chi connectivity index (χ1v) is 9.08. The number of hydrogen-bond donors (Lipinski definition) is 0. The minimum atomic E-state index is -0.0148. The van der Waals surface area contributed by atoms with E-state index in [1.807, 2.05) is 48.5 Å². The zero-order valence-corrected chi connectivity index (χ0v) is 15.4. The molecule has 0 unspecified atom stereocenters. The van der Waals surface area contributed by atoms with Crippen molar-refractivity contribution in [3.05, 3.63) is 58.6 Å². The highest BCUT2D eigenvalue weighted by atomic mass is 79.9. The van der Waals surface area contributed by atoms with Crippen LogP contribution in [0.2, 0.25) is 0 Å². The highest BCUT2D eigenvalue weighted by molar-refractivity contribution is 9.10. The van der Waals surface area contributed by atoms with Crippen LogP contribution >= 0.6 is 27.3 Å². The van der Waals surface area contributed by atoms with Gasteiger partial charge in [-0.1, -0.05) is 59.3 Å². The molecule has 0 saturated heterocycles. The highest BCUT2D eigenvalue weighted by Crippen LogP contribution is 2.30. The second-order valence-electron chi connectivity index (χ2n) is 5.78. The number of halogens is 1. The molecular weight excluding hydrogens is 372 g/mol. The molecule has 3 aromatic rings. The number of rotatable bonds is 4. The first-order chi connectivity index (χ1) is 11.0. The maximum Gasteiger partial charge on any atom is 0.260 e. The van der Waals surface area contributed by atoms with Crippen molar-refractivity contribution in [3.63, 3.8) is 0 Å². The van der Waals surface area contributed by atoms with Crippen molar-refractivity contribution in [2.75, 3.05) is 11.4 Å². The van der Waals surface area contributed by atoms with Crippen molar-refractivity contribution in [2.24, 2.45) is 5.92 Å². The number of hydrogen-bond acceptors (Lipinski definition) is 3. The number of aromatic nitrogens is 1. The Kier molecular flexibility index (Phi) is 4.78. The Morgan fingerprint density at radius 3 is 2.70 bits per heavy atom. The number of nitrogens with zero attached hydrogens (tertiary/aromatic N) is 2. The molecule has 3 rings (SSSR count). The molecule has 118 valence electrons. The molecule has 0 aliphatic heterocycles. The zero-order chi connectivity index (χ0) is 16.4. The lowest BCUT2D eigenvalue weighted by molar-refractivity contribution is 0.0984. The highest BCUT2D eigenvalue weighted by Gasteiger charge is 2.22. The van der Waals surface area contributed by atoms with Crippen LogP contribution in [-0.4, -0.2) is 17.4 Å². The minimum Gasteiger partial charge on any atom is -0.284 e. The fourth-order valence-corrected chi connectivity index (χ4v) is 3.74. The van der Waals surface area contributed by atoms with E-state index in [1.54, 1.807) is 16.2 Å². The number of fused-ring (bicyclic) bond motifs is 1. The molecule has 0 bridgehead atoms.